The zero-order valence-corrected chi connectivity index (χ0v) is 11.9. The standard InChI is InChI=1S/C14H22N2O4/c1-15-12(19)14(5-6-14)13(20)16-7-2-3-10(4-8-16)9-11(17)18/h10H,2-9H2,1H3,(H,15,19)(H,17,18). The van der Waals surface area contributed by atoms with Crippen LogP contribution in [0.15, 0.2) is 0 Å². The molecule has 2 aliphatic rings. The SMILES string of the molecule is CNC(=O)C1(C(=O)N2CCCC(CC(=O)O)CC2)CC1. The molecule has 0 spiro atoms. The zero-order chi connectivity index (χ0) is 14.8. The van der Waals surface area contributed by atoms with Gasteiger partial charge >= 0.3 is 5.97 Å². The number of rotatable bonds is 4. The lowest BCUT2D eigenvalue weighted by Crippen LogP contribution is -2.44. The van der Waals surface area contributed by atoms with Gasteiger partial charge in [-0.05, 0) is 38.0 Å². The molecule has 0 aromatic heterocycles. The van der Waals surface area contributed by atoms with Crippen LogP contribution in [0.1, 0.15) is 38.5 Å². The van der Waals surface area contributed by atoms with E-state index in [0.29, 0.717) is 32.4 Å². The van der Waals surface area contributed by atoms with Crippen molar-refractivity contribution in [3.05, 3.63) is 0 Å². The van der Waals surface area contributed by atoms with Crippen LogP contribution in [0.4, 0.5) is 0 Å². The van der Waals surface area contributed by atoms with Gasteiger partial charge in [0.25, 0.3) is 0 Å². The fourth-order valence-corrected chi connectivity index (χ4v) is 3.02. The maximum atomic E-state index is 12.5. The molecule has 1 saturated heterocycles. The Bertz CT molecular complexity index is 417. The van der Waals surface area contributed by atoms with Crippen LogP contribution in [0.2, 0.25) is 0 Å². The van der Waals surface area contributed by atoms with E-state index in [1.165, 1.54) is 0 Å². The number of hydrogen-bond donors (Lipinski definition) is 2. The third-order valence-electron chi connectivity index (χ3n) is 4.42. The molecular formula is C14H22N2O4. The summed E-state index contributed by atoms with van der Waals surface area (Å²) in [7, 11) is 1.56. The second-order valence-corrected chi connectivity index (χ2v) is 5.85. The predicted octanol–water partition coefficient (Wildman–Crippen LogP) is 0.616. The highest BCUT2D eigenvalue weighted by atomic mass is 16.4. The molecule has 0 aromatic carbocycles. The number of carbonyl (C=O) groups excluding carboxylic acids is 2. The van der Waals surface area contributed by atoms with Gasteiger partial charge in [-0.1, -0.05) is 0 Å². The molecule has 0 aromatic rings. The largest absolute Gasteiger partial charge is 0.481 e. The smallest absolute Gasteiger partial charge is 0.303 e. The molecular weight excluding hydrogens is 260 g/mol. The Labute approximate surface area is 118 Å². The van der Waals surface area contributed by atoms with Gasteiger partial charge in [-0.3, -0.25) is 14.4 Å². The summed E-state index contributed by atoms with van der Waals surface area (Å²) in [4.78, 5) is 36.9. The summed E-state index contributed by atoms with van der Waals surface area (Å²) in [6.07, 6.45) is 3.78. The van der Waals surface area contributed by atoms with Crippen molar-refractivity contribution >= 4 is 17.8 Å². The van der Waals surface area contributed by atoms with Gasteiger partial charge in [0.05, 0.1) is 0 Å². The molecule has 2 rings (SSSR count). The Hall–Kier alpha value is -1.59. The van der Waals surface area contributed by atoms with E-state index in [1.807, 2.05) is 0 Å². The second kappa shape index (κ2) is 5.81. The van der Waals surface area contributed by atoms with E-state index in [2.05, 4.69) is 5.32 Å². The van der Waals surface area contributed by atoms with Crippen molar-refractivity contribution in [2.45, 2.75) is 38.5 Å². The average molecular weight is 282 g/mol. The molecule has 1 aliphatic carbocycles. The van der Waals surface area contributed by atoms with Gasteiger partial charge in [0.15, 0.2) is 0 Å². The monoisotopic (exact) mass is 282 g/mol. The predicted molar refractivity (Wildman–Crippen MR) is 71.9 cm³/mol. The maximum absolute atomic E-state index is 12.5. The Balaban J connectivity index is 1.95. The number of carboxylic acid groups (broad SMARTS) is 1. The van der Waals surface area contributed by atoms with Crippen molar-refractivity contribution in [2.75, 3.05) is 20.1 Å². The number of carbonyl (C=O) groups is 3. The highest BCUT2D eigenvalue weighted by molar-refractivity contribution is 6.07. The van der Waals surface area contributed by atoms with E-state index in [-0.39, 0.29) is 24.2 Å². The Kier molecular flexibility index (Phi) is 4.30. The van der Waals surface area contributed by atoms with Gasteiger partial charge in [0, 0.05) is 26.6 Å². The molecule has 2 amide bonds. The van der Waals surface area contributed by atoms with Crippen LogP contribution in [-0.4, -0.2) is 47.9 Å². The second-order valence-electron chi connectivity index (χ2n) is 5.85. The highest BCUT2D eigenvalue weighted by Gasteiger charge is 2.57. The van der Waals surface area contributed by atoms with Crippen LogP contribution >= 0.6 is 0 Å². The Morgan fingerprint density at radius 1 is 1.25 bits per heavy atom. The fourth-order valence-electron chi connectivity index (χ4n) is 3.02. The number of amides is 2. The first-order valence-corrected chi connectivity index (χ1v) is 7.23. The number of likely N-dealkylation sites (tertiary alicyclic amines) is 1. The van der Waals surface area contributed by atoms with E-state index in [9.17, 15) is 14.4 Å². The molecule has 2 fully saturated rings. The molecule has 0 bridgehead atoms. The molecule has 1 aliphatic heterocycles. The number of aliphatic carboxylic acids is 1. The molecule has 6 heteroatoms. The molecule has 2 N–H and O–H groups in total. The molecule has 1 unspecified atom stereocenters. The van der Waals surface area contributed by atoms with Gasteiger partial charge in [-0.15, -0.1) is 0 Å². The summed E-state index contributed by atoms with van der Waals surface area (Å²) in [5, 5.41) is 11.4. The first-order valence-electron chi connectivity index (χ1n) is 7.23. The third-order valence-corrected chi connectivity index (χ3v) is 4.42. The van der Waals surface area contributed by atoms with Crippen molar-refractivity contribution < 1.29 is 19.5 Å². The molecule has 1 saturated carbocycles. The van der Waals surface area contributed by atoms with E-state index in [1.54, 1.807) is 11.9 Å². The van der Waals surface area contributed by atoms with E-state index in [4.69, 9.17) is 5.11 Å². The molecule has 1 heterocycles. The summed E-state index contributed by atoms with van der Waals surface area (Å²) < 4.78 is 0. The van der Waals surface area contributed by atoms with Crippen molar-refractivity contribution in [2.24, 2.45) is 11.3 Å². The lowest BCUT2D eigenvalue weighted by molar-refractivity contribution is -0.144. The normalized spacial score (nSPS) is 24.6. The number of hydrogen-bond acceptors (Lipinski definition) is 3. The minimum atomic E-state index is -0.832. The van der Waals surface area contributed by atoms with Crippen LogP contribution < -0.4 is 5.32 Å². The van der Waals surface area contributed by atoms with Crippen LogP contribution in [0.5, 0.6) is 0 Å². The summed E-state index contributed by atoms with van der Waals surface area (Å²) >= 11 is 0. The first kappa shape index (κ1) is 14.8. The molecule has 0 radical (unpaired) electrons. The first-order chi connectivity index (χ1) is 9.49. The van der Waals surface area contributed by atoms with Crippen molar-refractivity contribution in [1.29, 1.82) is 0 Å². The molecule has 1 atom stereocenters. The lowest BCUT2D eigenvalue weighted by Gasteiger charge is -2.25. The summed E-state index contributed by atoms with van der Waals surface area (Å²) in [6.45, 7) is 1.20. The van der Waals surface area contributed by atoms with Gasteiger partial charge in [-0.2, -0.15) is 0 Å². The van der Waals surface area contributed by atoms with Gasteiger partial charge in [0.2, 0.25) is 11.8 Å². The molecule has 6 nitrogen and oxygen atoms in total. The van der Waals surface area contributed by atoms with Crippen molar-refractivity contribution in [3.8, 4) is 0 Å². The summed E-state index contributed by atoms with van der Waals surface area (Å²) in [5.74, 6) is -0.902. The van der Waals surface area contributed by atoms with Crippen LogP contribution in [0.3, 0.4) is 0 Å². The fraction of sp³-hybridized carbons (Fsp3) is 0.786. The number of carboxylic acids is 1. The quantitative estimate of drug-likeness (QED) is 0.740. The van der Waals surface area contributed by atoms with E-state index in [0.717, 1.165) is 12.8 Å². The lowest BCUT2D eigenvalue weighted by atomic mass is 9.97. The molecule has 112 valence electrons. The Morgan fingerprint density at radius 3 is 2.50 bits per heavy atom. The highest BCUT2D eigenvalue weighted by Crippen LogP contribution is 2.47. The van der Waals surface area contributed by atoms with Gasteiger partial charge < -0.3 is 15.3 Å². The van der Waals surface area contributed by atoms with Gasteiger partial charge in [-0.25, -0.2) is 0 Å². The topological polar surface area (TPSA) is 86.7 Å². The third kappa shape index (κ3) is 2.94. The van der Waals surface area contributed by atoms with E-state index >= 15 is 0 Å². The van der Waals surface area contributed by atoms with Crippen LogP contribution in [0, 0.1) is 11.3 Å². The van der Waals surface area contributed by atoms with Gasteiger partial charge in [0.1, 0.15) is 5.41 Å². The minimum Gasteiger partial charge on any atom is -0.481 e. The maximum Gasteiger partial charge on any atom is 0.303 e. The van der Waals surface area contributed by atoms with Crippen molar-refractivity contribution in [1.82, 2.24) is 10.2 Å². The zero-order valence-electron chi connectivity index (χ0n) is 11.9. The average Bonchev–Trinajstić information content (AvgIpc) is 3.21. The number of nitrogens with zero attached hydrogens (tertiary/aromatic N) is 1. The summed E-state index contributed by atoms with van der Waals surface area (Å²) in [5.41, 5.74) is -0.832. The summed E-state index contributed by atoms with van der Waals surface area (Å²) in [6, 6.07) is 0. The van der Waals surface area contributed by atoms with Crippen LogP contribution in [0.25, 0.3) is 0 Å². The Morgan fingerprint density at radius 2 is 1.95 bits per heavy atom. The number of nitrogens with one attached hydrogen (secondary N) is 1. The van der Waals surface area contributed by atoms with Crippen LogP contribution in [-0.2, 0) is 14.4 Å². The van der Waals surface area contributed by atoms with E-state index < -0.39 is 11.4 Å². The minimum absolute atomic E-state index is 0.0761. The van der Waals surface area contributed by atoms with Crippen molar-refractivity contribution in [3.63, 3.8) is 0 Å². The molecule has 20 heavy (non-hydrogen) atoms.